The molecule has 0 amide bonds. The Hall–Kier alpha value is -0.110. The highest BCUT2D eigenvalue weighted by Gasteiger charge is 2.10. The lowest BCUT2D eigenvalue weighted by Gasteiger charge is -2.18. The molecule has 0 fully saturated rings. The van der Waals surface area contributed by atoms with E-state index in [9.17, 15) is 0 Å². The second kappa shape index (κ2) is 20.2. The molecule has 0 saturated carbocycles. The maximum Gasteiger partial charge on any atom is 0.157 e. The summed E-state index contributed by atoms with van der Waals surface area (Å²) in [5.41, 5.74) is 0. The average molecular weight is 371 g/mol. The van der Waals surface area contributed by atoms with E-state index in [1.54, 1.807) is 0 Å². The van der Waals surface area contributed by atoms with E-state index in [-0.39, 0.29) is 0 Å². The zero-order chi connectivity index (χ0) is 18.6. The van der Waals surface area contributed by atoms with Crippen molar-refractivity contribution in [3.63, 3.8) is 0 Å². The fourth-order valence-electron chi connectivity index (χ4n) is 3.51. The van der Waals surface area contributed by atoms with Crippen LogP contribution in [0.4, 0.5) is 0 Å². The third kappa shape index (κ3) is 20.1. The quantitative estimate of drug-likeness (QED) is 0.166. The van der Waals surface area contributed by atoms with E-state index in [0.717, 1.165) is 5.05 Å². The zero-order valence-corrected chi connectivity index (χ0v) is 18.4. The van der Waals surface area contributed by atoms with E-state index in [1.807, 2.05) is 6.92 Å². The molecular formula is C23H46OS. The summed E-state index contributed by atoms with van der Waals surface area (Å²) in [6, 6.07) is 0. The predicted octanol–water partition coefficient (Wildman–Crippen LogP) is 8.78. The topological polar surface area (TPSA) is 9.23 Å². The summed E-state index contributed by atoms with van der Waals surface area (Å²) in [4.78, 5) is 0. The van der Waals surface area contributed by atoms with Crippen molar-refractivity contribution in [3.05, 3.63) is 0 Å². The molecule has 0 aromatic carbocycles. The van der Waals surface area contributed by atoms with Gasteiger partial charge in [-0.05, 0) is 37.9 Å². The SMILES string of the molecule is CCCCCCCCCCC(CCCCCCCCCC)OC(C)=S. The largest absolute Gasteiger partial charge is 0.484 e. The molecule has 0 aliphatic rings. The smallest absolute Gasteiger partial charge is 0.157 e. The number of thiocarbonyl (C=S) groups is 1. The highest BCUT2D eigenvalue weighted by molar-refractivity contribution is 7.80. The minimum Gasteiger partial charge on any atom is -0.484 e. The lowest BCUT2D eigenvalue weighted by Crippen LogP contribution is -2.15. The van der Waals surface area contributed by atoms with Crippen molar-refractivity contribution < 1.29 is 4.74 Å². The van der Waals surface area contributed by atoms with Gasteiger partial charge in [-0.25, -0.2) is 0 Å². The highest BCUT2D eigenvalue weighted by Crippen LogP contribution is 2.17. The minimum atomic E-state index is 0.373. The summed E-state index contributed by atoms with van der Waals surface area (Å²) in [5, 5.41) is 0.726. The summed E-state index contributed by atoms with van der Waals surface area (Å²) in [6.07, 6.45) is 24.9. The van der Waals surface area contributed by atoms with Crippen molar-refractivity contribution in [2.75, 3.05) is 0 Å². The molecule has 150 valence electrons. The van der Waals surface area contributed by atoms with Crippen LogP contribution in [0.25, 0.3) is 0 Å². The highest BCUT2D eigenvalue weighted by atomic mass is 32.1. The molecule has 1 nitrogen and oxygen atoms in total. The van der Waals surface area contributed by atoms with Crippen molar-refractivity contribution in [1.82, 2.24) is 0 Å². The van der Waals surface area contributed by atoms with Crippen LogP contribution in [0.15, 0.2) is 0 Å². The molecule has 0 aromatic rings. The first-order chi connectivity index (χ1) is 12.2. The maximum atomic E-state index is 5.90. The Morgan fingerprint density at radius 1 is 0.600 bits per heavy atom. The van der Waals surface area contributed by atoms with Gasteiger partial charge in [0, 0.05) is 6.92 Å². The Kier molecular flexibility index (Phi) is 20.1. The molecule has 0 heterocycles. The molecule has 0 bridgehead atoms. The van der Waals surface area contributed by atoms with Crippen LogP contribution in [0.1, 0.15) is 136 Å². The van der Waals surface area contributed by atoms with Gasteiger partial charge in [0.25, 0.3) is 0 Å². The van der Waals surface area contributed by atoms with Gasteiger partial charge >= 0.3 is 0 Å². The number of ether oxygens (including phenoxy) is 1. The second-order valence-corrected chi connectivity index (χ2v) is 8.33. The molecular weight excluding hydrogens is 324 g/mol. The number of hydrogen-bond acceptors (Lipinski definition) is 2. The summed E-state index contributed by atoms with van der Waals surface area (Å²) >= 11 is 5.17. The van der Waals surface area contributed by atoms with Crippen LogP contribution in [-0.4, -0.2) is 11.2 Å². The Morgan fingerprint density at radius 3 is 1.24 bits per heavy atom. The first-order valence-corrected chi connectivity index (χ1v) is 11.8. The van der Waals surface area contributed by atoms with Crippen LogP contribution in [0.5, 0.6) is 0 Å². The second-order valence-electron chi connectivity index (χ2n) is 7.76. The van der Waals surface area contributed by atoms with E-state index in [4.69, 9.17) is 17.0 Å². The number of unbranched alkanes of at least 4 members (excludes halogenated alkanes) is 14. The first-order valence-electron chi connectivity index (χ1n) is 11.4. The molecule has 0 saturated heterocycles. The molecule has 25 heavy (non-hydrogen) atoms. The van der Waals surface area contributed by atoms with Crippen LogP contribution in [-0.2, 0) is 4.74 Å². The lowest BCUT2D eigenvalue weighted by molar-refractivity contribution is 0.163. The van der Waals surface area contributed by atoms with Crippen molar-refractivity contribution >= 4 is 17.3 Å². The lowest BCUT2D eigenvalue weighted by atomic mass is 10.0. The fraction of sp³-hybridized carbons (Fsp3) is 0.957. The first kappa shape index (κ1) is 24.9. The molecule has 0 aromatic heterocycles. The molecule has 0 aliphatic carbocycles. The number of hydrogen-bond donors (Lipinski definition) is 0. The van der Waals surface area contributed by atoms with Crippen LogP contribution >= 0.6 is 12.2 Å². The van der Waals surface area contributed by atoms with Gasteiger partial charge in [-0.15, -0.1) is 0 Å². The van der Waals surface area contributed by atoms with Gasteiger partial charge in [0.2, 0.25) is 0 Å². The van der Waals surface area contributed by atoms with Crippen molar-refractivity contribution in [3.8, 4) is 0 Å². The van der Waals surface area contributed by atoms with E-state index in [0.29, 0.717) is 6.10 Å². The third-order valence-electron chi connectivity index (χ3n) is 5.09. The fourth-order valence-corrected chi connectivity index (χ4v) is 3.64. The summed E-state index contributed by atoms with van der Waals surface area (Å²) in [6.45, 7) is 6.49. The van der Waals surface area contributed by atoms with E-state index in [1.165, 1.54) is 116 Å². The van der Waals surface area contributed by atoms with Gasteiger partial charge in [0.05, 0.1) is 6.10 Å². The van der Waals surface area contributed by atoms with Gasteiger partial charge < -0.3 is 4.74 Å². The molecule has 0 atom stereocenters. The molecule has 0 rings (SSSR count). The van der Waals surface area contributed by atoms with Gasteiger partial charge in [0.1, 0.15) is 0 Å². The average Bonchev–Trinajstić information content (AvgIpc) is 2.58. The van der Waals surface area contributed by atoms with Crippen molar-refractivity contribution in [2.24, 2.45) is 0 Å². The van der Waals surface area contributed by atoms with E-state index >= 15 is 0 Å². The minimum absolute atomic E-state index is 0.373. The molecule has 2 heteroatoms. The standard InChI is InChI=1S/C23H46OS/c1-4-6-8-10-12-14-16-18-20-23(24-22(3)25)21-19-17-15-13-11-9-7-5-2/h23H,4-21H2,1-3H3. The Balaban J connectivity index is 3.60. The summed E-state index contributed by atoms with van der Waals surface area (Å²) in [7, 11) is 0. The van der Waals surface area contributed by atoms with Gasteiger partial charge in [0.15, 0.2) is 5.05 Å². The van der Waals surface area contributed by atoms with E-state index in [2.05, 4.69) is 13.8 Å². The summed E-state index contributed by atoms with van der Waals surface area (Å²) < 4.78 is 5.90. The van der Waals surface area contributed by atoms with E-state index < -0.39 is 0 Å². The molecule has 0 radical (unpaired) electrons. The van der Waals surface area contributed by atoms with Crippen molar-refractivity contribution in [1.29, 1.82) is 0 Å². The maximum absolute atomic E-state index is 5.90. The van der Waals surface area contributed by atoms with Crippen LogP contribution < -0.4 is 0 Å². The molecule has 0 unspecified atom stereocenters. The molecule has 0 N–H and O–H groups in total. The Morgan fingerprint density at radius 2 is 0.920 bits per heavy atom. The van der Waals surface area contributed by atoms with Crippen LogP contribution in [0, 0.1) is 0 Å². The van der Waals surface area contributed by atoms with Crippen molar-refractivity contribution in [2.45, 2.75) is 142 Å². The monoisotopic (exact) mass is 370 g/mol. The molecule has 0 spiro atoms. The van der Waals surface area contributed by atoms with Gasteiger partial charge in [-0.2, -0.15) is 0 Å². The zero-order valence-electron chi connectivity index (χ0n) is 17.6. The molecule has 0 aliphatic heterocycles. The van der Waals surface area contributed by atoms with Crippen LogP contribution in [0.3, 0.4) is 0 Å². The number of rotatable bonds is 19. The normalized spacial score (nSPS) is 11.2. The summed E-state index contributed by atoms with van der Waals surface area (Å²) in [5.74, 6) is 0. The third-order valence-corrected chi connectivity index (χ3v) is 5.19. The van der Waals surface area contributed by atoms with Crippen LogP contribution in [0.2, 0.25) is 0 Å². The van der Waals surface area contributed by atoms with Gasteiger partial charge in [-0.3, -0.25) is 0 Å². The Labute approximate surface area is 164 Å². The Bertz CT molecular complexity index is 257. The predicted molar refractivity (Wildman–Crippen MR) is 118 cm³/mol. The van der Waals surface area contributed by atoms with Gasteiger partial charge in [-0.1, -0.05) is 104 Å².